The molecule has 1 aromatic carbocycles. The third-order valence-corrected chi connectivity index (χ3v) is 7.37. The highest BCUT2D eigenvalue weighted by atomic mass is 19.4. The number of hydrogen-bond donors (Lipinski definition) is 1. The first kappa shape index (κ1) is 28.3. The van der Waals surface area contributed by atoms with E-state index in [-0.39, 0.29) is 30.0 Å². The Balaban J connectivity index is 1.52. The molecule has 2 aliphatic heterocycles. The van der Waals surface area contributed by atoms with E-state index in [2.05, 4.69) is 15.4 Å². The summed E-state index contributed by atoms with van der Waals surface area (Å²) in [5, 5.41) is 7.12. The third-order valence-electron chi connectivity index (χ3n) is 7.37. The van der Waals surface area contributed by atoms with Crippen LogP contribution in [0.4, 0.5) is 24.5 Å². The fraction of sp³-hybridized carbons (Fsp3) is 0.444. The monoisotopic (exact) mass is 573 g/mol. The van der Waals surface area contributed by atoms with Crippen LogP contribution >= 0.6 is 0 Å². The Morgan fingerprint density at radius 2 is 1.90 bits per heavy atom. The molecule has 1 atom stereocenters. The number of alkyl halides is 3. The van der Waals surface area contributed by atoms with Gasteiger partial charge >= 0.3 is 6.18 Å². The number of piperazine rings is 1. The molecule has 1 saturated heterocycles. The van der Waals surface area contributed by atoms with E-state index in [0.29, 0.717) is 56.5 Å². The highest BCUT2D eigenvalue weighted by Crippen LogP contribution is 2.30. The maximum Gasteiger partial charge on any atom is 0.416 e. The number of rotatable bonds is 5. The standard InChI is InChI=1S/C27H30F3N7O4/c1-16-14-34(10-11-35(16)18(3)38)23-17(2)36(15-22(39)31-21-6-4-20(5-7-21)27(28,29)30)26-32-24(33-37(26)25(23)40)19-8-12-41-13-9-19/h4-8,16H,9-15H2,1-3H3,(H,31,39)/t16-/m1/s1. The van der Waals surface area contributed by atoms with Gasteiger partial charge in [0.05, 0.1) is 18.8 Å². The number of amides is 2. The Bertz CT molecular complexity index is 1580. The summed E-state index contributed by atoms with van der Waals surface area (Å²) in [6.45, 7) is 6.99. The lowest BCUT2D eigenvalue weighted by Crippen LogP contribution is -2.55. The molecule has 2 aromatic heterocycles. The van der Waals surface area contributed by atoms with Crippen LogP contribution in [0.15, 0.2) is 35.1 Å². The van der Waals surface area contributed by atoms with Gasteiger partial charge in [-0.15, -0.1) is 5.10 Å². The summed E-state index contributed by atoms with van der Waals surface area (Å²) in [7, 11) is 0. The summed E-state index contributed by atoms with van der Waals surface area (Å²) in [6.07, 6.45) is -2.08. The molecule has 1 fully saturated rings. The molecule has 0 aliphatic carbocycles. The van der Waals surface area contributed by atoms with Gasteiger partial charge in [0, 0.05) is 44.0 Å². The Labute approximate surface area is 233 Å². The Kier molecular flexibility index (Phi) is 7.60. The molecular formula is C27H30F3N7O4. The van der Waals surface area contributed by atoms with Crippen LogP contribution in [-0.4, -0.2) is 74.8 Å². The van der Waals surface area contributed by atoms with E-state index < -0.39 is 23.2 Å². The largest absolute Gasteiger partial charge is 0.416 e. The van der Waals surface area contributed by atoms with Gasteiger partial charge < -0.3 is 24.4 Å². The lowest BCUT2D eigenvalue weighted by atomic mass is 10.1. The van der Waals surface area contributed by atoms with E-state index in [0.717, 1.165) is 17.7 Å². The summed E-state index contributed by atoms with van der Waals surface area (Å²) < 4.78 is 47.0. The number of carbonyl (C=O) groups is 2. The SMILES string of the molecule is CC(=O)N1CCN(c2c(C)n(CC(=O)Nc3ccc(C(F)(F)F)cc3)c3nc(C4=CCOCC4)nn3c2=O)C[C@H]1C. The molecule has 14 heteroatoms. The summed E-state index contributed by atoms with van der Waals surface area (Å²) in [5.74, 6) is -0.0495. The van der Waals surface area contributed by atoms with Gasteiger partial charge in [0.15, 0.2) is 5.82 Å². The van der Waals surface area contributed by atoms with Crippen LogP contribution in [0.1, 0.15) is 37.4 Å². The van der Waals surface area contributed by atoms with Crippen LogP contribution in [0.5, 0.6) is 0 Å². The minimum atomic E-state index is -4.49. The van der Waals surface area contributed by atoms with Gasteiger partial charge in [-0.25, -0.2) is 0 Å². The number of halogens is 3. The molecule has 0 bridgehead atoms. The predicted molar refractivity (Wildman–Crippen MR) is 145 cm³/mol. The Morgan fingerprint density at radius 3 is 2.51 bits per heavy atom. The molecule has 41 heavy (non-hydrogen) atoms. The van der Waals surface area contributed by atoms with Gasteiger partial charge in [0.25, 0.3) is 5.56 Å². The first-order valence-corrected chi connectivity index (χ1v) is 13.2. The lowest BCUT2D eigenvalue weighted by molar-refractivity contribution is -0.137. The maximum atomic E-state index is 13.8. The Hall–Kier alpha value is -4.20. The number of aromatic nitrogens is 4. The molecule has 0 radical (unpaired) electrons. The third kappa shape index (κ3) is 5.69. The highest BCUT2D eigenvalue weighted by molar-refractivity contribution is 5.91. The van der Waals surface area contributed by atoms with Crippen LogP contribution < -0.4 is 15.8 Å². The molecule has 0 saturated carbocycles. The van der Waals surface area contributed by atoms with Crippen molar-refractivity contribution < 1.29 is 27.5 Å². The van der Waals surface area contributed by atoms with E-state index in [1.807, 2.05) is 17.9 Å². The molecule has 2 aliphatic rings. The Morgan fingerprint density at radius 1 is 1.17 bits per heavy atom. The second kappa shape index (κ2) is 11.0. The molecule has 0 spiro atoms. The number of fused-ring (bicyclic) bond motifs is 1. The first-order chi connectivity index (χ1) is 19.4. The molecule has 4 heterocycles. The van der Waals surface area contributed by atoms with Crippen molar-refractivity contribution >= 4 is 34.5 Å². The molecule has 2 amide bonds. The van der Waals surface area contributed by atoms with Crippen molar-refractivity contribution in [2.45, 2.75) is 46.0 Å². The number of nitrogens with zero attached hydrogens (tertiary/aromatic N) is 6. The van der Waals surface area contributed by atoms with Gasteiger partial charge in [-0.05, 0) is 50.1 Å². The molecule has 1 N–H and O–H groups in total. The minimum Gasteiger partial charge on any atom is -0.377 e. The van der Waals surface area contributed by atoms with Gasteiger partial charge in [-0.1, -0.05) is 6.08 Å². The van der Waals surface area contributed by atoms with Gasteiger partial charge in [-0.3, -0.25) is 14.4 Å². The van der Waals surface area contributed by atoms with Crippen molar-refractivity contribution in [2.24, 2.45) is 0 Å². The van der Waals surface area contributed by atoms with Crippen molar-refractivity contribution in [1.82, 2.24) is 24.1 Å². The summed E-state index contributed by atoms with van der Waals surface area (Å²) in [6, 6.07) is 4.01. The van der Waals surface area contributed by atoms with Gasteiger partial charge in [0.2, 0.25) is 17.6 Å². The van der Waals surface area contributed by atoms with E-state index in [4.69, 9.17) is 4.74 Å². The number of hydrogen-bond acceptors (Lipinski definition) is 7. The molecule has 5 rings (SSSR count). The predicted octanol–water partition coefficient (Wildman–Crippen LogP) is 2.72. The van der Waals surface area contributed by atoms with Crippen molar-refractivity contribution in [3.05, 3.63) is 57.8 Å². The number of anilines is 2. The molecule has 0 unspecified atom stereocenters. The number of benzene rings is 1. The van der Waals surface area contributed by atoms with Crippen LogP contribution in [0, 0.1) is 6.92 Å². The first-order valence-electron chi connectivity index (χ1n) is 13.2. The highest BCUT2D eigenvalue weighted by Gasteiger charge is 2.31. The van der Waals surface area contributed by atoms with E-state index >= 15 is 0 Å². The van der Waals surface area contributed by atoms with Crippen molar-refractivity contribution in [2.75, 3.05) is 43.1 Å². The average Bonchev–Trinajstić information content (AvgIpc) is 3.37. The average molecular weight is 574 g/mol. The fourth-order valence-electron chi connectivity index (χ4n) is 5.28. The minimum absolute atomic E-state index is 0.0488. The molecular weight excluding hydrogens is 543 g/mol. The fourth-order valence-corrected chi connectivity index (χ4v) is 5.28. The van der Waals surface area contributed by atoms with Crippen LogP contribution in [-0.2, 0) is 27.0 Å². The summed E-state index contributed by atoms with van der Waals surface area (Å²) in [4.78, 5) is 47.2. The molecule has 11 nitrogen and oxygen atoms in total. The van der Waals surface area contributed by atoms with E-state index in [1.165, 1.54) is 23.6 Å². The zero-order chi connectivity index (χ0) is 29.5. The normalized spacial score (nSPS) is 18.0. The molecule has 3 aromatic rings. The quantitative estimate of drug-likeness (QED) is 0.499. The second-order valence-electron chi connectivity index (χ2n) is 10.2. The van der Waals surface area contributed by atoms with Crippen molar-refractivity contribution in [1.29, 1.82) is 0 Å². The maximum absolute atomic E-state index is 13.8. The lowest BCUT2D eigenvalue weighted by Gasteiger charge is -2.40. The smallest absolute Gasteiger partial charge is 0.377 e. The number of ether oxygens (including phenoxy) is 1. The van der Waals surface area contributed by atoms with Crippen LogP contribution in [0.2, 0.25) is 0 Å². The van der Waals surface area contributed by atoms with Crippen molar-refractivity contribution in [3.63, 3.8) is 0 Å². The van der Waals surface area contributed by atoms with E-state index in [1.54, 1.807) is 16.4 Å². The van der Waals surface area contributed by atoms with Crippen LogP contribution in [0.25, 0.3) is 11.4 Å². The zero-order valence-electron chi connectivity index (χ0n) is 22.9. The summed E-state index contributed by atoms with van der Waals surface area (Å²) >= 11 is 0. The van der Waals surface area contributed by atoms with Gasteiger partial charge in [-0.2, -0.15) is 22.7 Å². The van der Waals surface area contributed by atoms with Gasteiger partial charge in [0.1, 0.15) is 12.2 Å². The topological polar surface area (TPSA) is 114 Å². The van der Waals surface area contributed by atoms with Crippen LogP contribution in [0.3, 0.4) is 0 Å². The zero-order valence-corrected chi connectivity index (χ0v) is 22.9. The molecule has 218 valence electrons. The number of carbonyl (C=O) groups excluding carboxylic acids is 2. The van der Waals surface area contributed by atoms with Crippen molar-refractivity contribution in [3.8, 4) is 0 Å². The van der Waals surface area contributed by atoms with E-state index in [9.17, 15) is 27.6 Å². The number of nitrogens with one attached hydrogen (secondary N) is 1. The summed E-state index contributed by atoms with van der Waals surface area (Å²) in [5.41, 5.74) is 0.618. The second-order valence-corrected chi connectivity index (χ2v) is 10.2.